The third-order valence-corrected chi connectivity index (χ3v) is 3.31. The van der Waals surface area contributed by atoms with Crippen LogP contribution >= 0.6 is 0 Å². The van der Waals surface area contributed by atoms with Crippen molar-refractivity contribution in [2.24, 2.45) is 5.73 Å². The molecule has 0 aliphatic carbocycles. The van der Waals surface area contributed by atoms with E-state index < -0.39 is 6.10 Å². The van der Waals surface area contributed by atoms with Crippen LogP contribution in [-0.4, -0.2) is 11.7 Å². The number of aryl methyl sites for hydroxylation is 3. The lowest BCUT2D eigenvalue weighted by Crippen LogP contribution is -2.11. The molecule has 106 valence electrons. The molecule has 3 heteroatoms. The van der Waals surface area contributed by atoms with E-state index in [1.807, 2.05) is 38.1 Å². The molecule has 0 saturated heterocycles. The van der Waals surface area contributed by atoms with Crippen molar-refractivity contribution < 1.29 is 9.84 Å². The van der Waals surface area contributed by atoms with E-state index in [0.29, 0.717) is 0 Å². The monoisotopic (exact) mass is 271 g/mol. The van der Waals surface area contributed by atoms with Crippen LogP contribution in [0.2, 0.25) is 0 Å². The zero-order chi connectivity index (χ0) is 14.7. The molecule has 2 aromatic rings. The lowest BCUT2D eigenvalue weighted by molar-refractivity contribution is 0.186. The van der Waals surface area contributed by atoms with Crippen molar-refractivity contribution in [3.8, 4) is 11.5 Å². The molecule has 0 aliphatic rings. The summed E-state index contributed by atoms with van der Waals surface area (Å²) >= 11 is 0. The van der Waals surface area contributed by atoms with Crippen molar-refractivity contribution >= 4 is 0 Å². The molecule has 0 saturated carbocycles. The Bertz CT molecular complexity index is 567. The Morgan fingerprint density at radius 2 is 1.60 bits per heavy atom. The van der Waals surface area contributed by atoms with Crippen LogP contribution in [0.3, 0.4) is 0 Å². The standard InChI is InChI=1S/C17H21NO2/c1-11-8-12(2)17(13(3)9-11)20-15-6-4-14(5-7-15)16(19)10-18/h4-9,16,19H,10,18H2,1-3H3. The normalized spacial score (nSPS) is 12.2. The number of nitrogens with two attached hydrogens (primary N) is 1. The molecule has 0 heterocycles. The number of benzene rings is 2. The maximum absolute atomic E-state index is 9.66. The summed E-state index contributed by atoms with van der Waals surface area (Å²) in [7, 11) is 0. The number of ether oxygens (including phenoxy) is 1. The predicted molar refractivity (Wildman–Crippen MR) is 81.2 cm³/mol. The fraction of sp³-hybridized carbons (Fsp3) is 0.294. The second kappa shape index (κ2) is 6.07. The molecule has 3 nitrogen and oxygen atoms in total. The Morgan fingerprint density at radius 1 is 1.05 bits per heavy atom. The number of rotatable bonds is 4. The van der Waals surface area contributed by atoms with Crippen LogP contribution in [0.1, 0.15) is 28.4 Å². The first-order chi connectivity index (χ1) is 9.51. The molecule has 1 unspecified atom stereocenters. The highest BCUT2D eigenvalue weighted by atomic mass is 16.5. The van der Waals surface area contributed by atoms with Crippen LogP contribution in [0.25, 0.3) is 0 Å². The molecule has 2 aromatic carbocycles. The summed E-state index contributed by atoms with van der Waals surface area (Å²) in [6.45, 7) is 6.38. The molecule has 0 spiro atoms. The Kier molecular flexibility index (Phi) is 4.42. The van der Waals surface area contributed by atoms with Crippen molar-refractivity contribution in [2.45, 2.75) is 26.9 Å². The zero-order valence-electron chi connectivity index (χ0n) is 12.2. The second-order valence-corrected chi connectivity index (χ2v) is 5.15. The first-order valence-electron chi connectivity index (χ1n) is 6.75. The minimum atomic E-state index is -0.619. The van der Waals surface area contributed by atoms with Gasteiger partial charge in [-0.3, -0.25) is 0 Å². The molecular weight excluding hydrogens is 250 g/mol. The van der Waals surface area contributed by atoms with Crippen LogP contribution in [0, 0.1) is 20.8 Å². The van der Waals surface area contributed by atoms with Gasteiger partial charge in [-0.2, -0.15) is 0 Å². The van der Waals surface area contributed by atoms with E-state index in [9.17, 15) is 5.11 Å². The highest BCUT2D eigenvalue weighted by Crippen LogP contribution is 2.30. The summed E-state index contributed by atoms with van der Waals surface area (Å²) in [6.07, 6.45) is -0.619. The van der Waals surface area contributed by atoms with Crippen molar-refractivity contribution in [1.82, 2.24) is 0 Å². The summed E-state index contributed by atoms with van der Waals surface area (Å²) in [4.78, 5) is 0. The maximum Gasteiger partial charge on any atom is 0.133 e. The first-order valence-corrected chi connectivity index (χ1v) is 6.75. The van der Waals surface area contributed by atoms with Crippen molar-refractivity contribution in [1.29, 1.82) is 0 Å². The topological polar surface area (TPSA) is 55.5 Å². The lowest BCUT2D eigenvalue weighted by atomic mass is 10.1. The molecule has 20 heavy (non-hydrogen) atoms. The smallest absolute Gasteiger partial charge is 0.133 e. The molecule has 0 bridgehead atoms. The number of hydrogen-bond donors (Lipinski definition) is 2. The molecular formula is C17H21NO2. The third kappa shape index (κ3) is 3.18. The van der Waals surface area contributed by atoms with Crippen molar-refractivity contribution in [3.05, 3.63) is 58.7 Å². The van der Waals surface area contributed by atoms with E-state index in [-0.39, 0.29) is 6.54 Å². The molecule has 0 aliphatic heterocycles. The van der Waals surface area contributed by atoms with Gasteiger partial charge in [0.1, 0.15) is 11.5 Å². The van der Waals surface area contributed by atoms with Gasteiger partial charge < -0.3 is 15.6 Å². The predicted octanol–water partition coefficient (Wildman–Crippen LogP) is 3.40. The van der Waals surface area contributed by atoms with Crippen LogP contribution in [0.4, 0.5) is 0 Å². The van der Waals surface area contributed by atoms with E-state index in [0.717, 1.165) is 28.2 Å². The molecule has 2 rings (SSSR count). The van der Waals surface area contributed by atoms with Gasteiger partial charge in [-0.05, 0) is 49.6 Å². The quantitative estimate of drug-likeness (QED) is 0.896. The number of aliphatic hydroxyl groups excluding tert-OH is 1. The van der Waals surface area contributed by atoms with Gasteiger partial charge in [-0.15, -0.1) is 0 Å². The fourth-order valence-corrected chi connectivity index (χ4v) is 2.34. The molecule has 0 radical (unpaired) electrons. The average molecular weight is 271 g/mol. The maximum atomic E-state index is 9.66. The number of aliphatic hydroxyl groups is 1. The Hall–Kier alpha value is -1.84. The van der Waals surface area contributed by atoms with Gasteiger partial charge >= 0.3 is 0 Å². The minimum Gasteiger partial charge on any atom is -0.457 e. The van der Waals surface area contributed by atoms with Gasteiger partial charge in [0.25, 0.3) is 0 Å². The van der Waals surface area contributed by atoms with Crippen LogP contribution in [0.15, 0.2) is 36.4 Å². The van der Waals surface area contributed by atoms with E-state index in [4.69, 9.17) is 10.5 Å². The van der Waals surface area contributed by atoms with Gasteiger partial charge in [0.15, 0.2) is 0 Å². The summed E-state index contributed by atoms with van der Waals surface area (Å²) in [6, 6.07) is 11.6. The van der Waals surface area contributed by atoms with E-state index in [1.54, 1.807) is 0 Å². The average Bonchev–Trinajstić information content (AvgIpc) is 2.42. The van der Waals surface area contributed by atoms with Crippen molar-refractivity contribution in [3.63, 3.8) is 0 Å². The number of hydrogen-bond acceptors (Lipinski definition) is 3. The zero-order valence-corrected chi connectivity index (χ0v) is 12.2. The van der Waals surface area contributed by atoms with E-state index in [2.05, 4.69) is 19.1 Å². The highest BCUT2D eigenvalue weighted by Gasteiger charge is 2.08. The SMILES string of the molecule is Cc1cc(C)c(Oc2ccc(C(O)CN)cc2)c(C)c1. The molecule has 0 aromatic heterocycles. The Morgan fingerprint density at radius 3 is 2.10 bits per heavy atom. The largest absolute Gasteiger partial charge is 0.457 e. The molecule has 0 fully saturated rings. The Balaban J connectivity index is 2.23. The van der Waals surface area contributed by atoms with E-state index in [1.165, 1.54) is 5.56 Å². The van der Waals surface area contributed by atoms with Gasteiger partial charge in [-0.1, -0.05) is 29.8 Å². The first kappa shape index (κ1) is 14.6. The van der Waals surface area contributed by atoms with E-state index >= 15 is 0 Å². The van der Waals surface area contributed by atoms with Gasteiger partial charge in [0, 0.05) is 6.54 Å². The third-order valence-electron chi connectivity index (χ3n) is 3.31. The lowest BCUT2D eigenvalue weighted by Gasteiger charge is -2.14. The Labute approximate surface area is 120 Å². The highest BCUT2D eigenvalue weighted by molar-refractivity contribution is 5.45. The summed E-state index contributed by atoms with van der Waals surface area (Å²) in [5.41, 5.74) is 9.71. The van der Waals surface area contributed by atoms with Gasteiger partial charge in [0.05, 0.1) is 6.10 Å². The minimum absolute atomic E-state index is 0.219. The molecule has 1 atom stereocenters. The fourth-order valence-electron chi connectivity index (χ4n) is 2.34. The van der Waals surface area contributed by atoms with Crippen molar-refractivity contribution in [2.75, 3.05) is 6.54 Å². The van der Waals surface area contributed by atoms with Crippen LogP contribution in [-0.2, 0) is 0 Å². The second-order valence-electron chi connectivity index (χ2n) is 5.15. The van der Waals surface area contributed by atoms with Crippen LogP contribution < -0.4 is 10.5 Å². The summed E-state index contributed by atoms with van der Waals surface area (Å²) in [5, 5.41) is 9.66. The van der Waals surface area contributed by atoms with Crippen LogP contribution in [0.5, 0.6) is 11.5 Å². The van der Waals surface area contributed by atoms with Gasteiger partial charge in [0.2, 0.25) is 0 Å². The molecule has 3 N–H and O–H groups in total. The van der Waals surface area contributed by atoms with Gasteiger partial charge in [-0.25, -0.2) is 0 Å². The molecule has 0 amide bonds. The summed E-state index contributed by atoms with van der Waals surface area (Å²) in [5.74, 6) is 1.65. The summed E-state index contributed by atoms with van der Waals surface area (Å²) < 4.78 is 5.95.